The number of piperazine rings is 1. The standard InChI is InChI=1S/C15H25N3O2/c1-11-9-17-7-3-2-4-13(17)10-18(11)15(20)12-5-6-14(19)16-8-12/h11-13H,2-10H2,1H3,(H,16,19). The van der Waals surface area contributed by atoms with Crippen molar-refractivity contribution >= 4 is 11.8 Å². The van der Waals surface area contributed by atoms with E-state index in [4.69, 9.17) is 0 Å². The van der Waals surface area contributed by atoms with Gasteiger partial charge in [0.15, 0.2) is 0 Å². The Kier molecular flexibility index (Phi) is 3.96. The highest BCUT2D eigenvalue weighted by molar-refractivity contribution is 5.84. The number of nitrogens with one attached hydrogen (secondary N) is 1. The molecule has 3 saturated heterocycles. The van der Waals surface area contributed by atoms with Crippen LogP contribution in [0.3, 0.4) is 0 Å². The van der Waals surface area contributed by atoms with Gasteiger partial charge in [0, 0.05) is 38.1 Å². The van der Waals surface area contributed by atoms with Gasteiger partial charge in [0.2, 0.25) is 11.8 Å². The summed E-state index contributed by atoms with van der Waals surface area (Å²) in [5, 5.41) is 2.83. The van der Waals surface area contributed by atoms with Gasteiger partial charge in [0.1, 0.15) is 0 Å². The number of fused-ring (bicyclic) bond motifs is 1. The Labute approximate surface area is 120 Å². The summed E-state index contributed by atoms with van der Waals surface area (Å²) in [6.45, 7) is 5.76. The second kappa shape index (κ2) is 5.72. The number of carbonyl (C=O) groups is 2. The maximum atomic E-state index is 12.7. The minimum absolute atomic E-state index is 0.00899. The molecule has 0 radical (unpaired) electrons. The molecule has 3 atom stereocenters. The van der Waals surface area contributed by atoms with E-state index in [1.807, 2.05) is 0 Å². The summed E-state index contributed by atoms with van der Waals surface area (Å²) >= 11 is 0. The Morgan fingerprint density at radius 2 is 2.10 bits per heavy atom. The maximum Gasteiger partial charge on any atom is 0.227 e. The van der Waals surface area contributed by atoms with Gasteiger partial charge in [-0.15, -0.1) is 0 Å². The quantitative estimate of drug-likeness (QED) is 0.764. The van der Waals surface area contributed by atoms with E-state index < -0.39 is 0 Å². The van der Waals surface area contributed by atoms with Crippen molar-refractivity contribution in [2.75, 3.05) is 26.2 Å². The van der Waals surface area contributed by atoms with E-state index in [0.29, 0.717) is 31.5 Å². The van der Waals surface area contributed by atoms with Crippen LogP contribution in [0.4, 0.5) is 0 Å². The van der Waals surface area contributed by atoms with Crippen molar-refractivity contribution in [1.82, 2.24) is 15.1 Å². The smallest absolute Gasteiger partial charge is 0.227 e. The lowest BCUT2D eigenvalue weighted by molar-refractivity contribution is -0.144. The topological polar surface area (TPSA) is 52.7 Å². The molecule has 20 heavy (non-hydrogen) atoms. The summed E-state index contributed by atoms with van der Waals surface area (Å²) in [4.78, 5) is 28.6. The van der Waals surface area contributed by atoms with Gasteiger partial charge < -0.3 is 10.2 Å². The zero-order valence-corrected chi connectivity index (χ0v) is 12.3. The van der Waals surface area contributed by atoms with E-state index in [0.717, 1.165) is 13.1 Å². The first-order valence-electron chi connectivity index (χ1n) is 7.96. The first-order chi connectivity index (χ1) is 9.65. The van der Waals surface area contributed by atoms with Crippen molar-refractivity contribution in [1.29, 1.82) is 0 Å². The third-order valence-electron chi connectivity index (χ3n) is 5.09. The van der Waals surface area contributed by atoms with Gasteiger partial charge in [-0.1, -0.05) is 6.42 Å². The Morgan fingerprint density at radius 3 is 2.85 bits per heavy atom. The van der Waals surface area contributed by atoms with Crippen LogP contribution in [0, 0.1) is 5.92 Å². The van der Waals surface area contributed by atoms with Gasteiger partial charge in [0.05, 0.1) is 5.92 Å². The molecule has 1 N–H and O–H groups in total. The molecule has 0 spiro atoms. The fourth-order valence-corrected chi connectivity index (χ4v) is 3.84. The predicted octanol–water partition coefficient (Wildman–Crippen LogP) is 0.598. The highest BCUT2D eigenvalue weighted by atomic mass is 16.2. The monoisotopic (exact) mass is 279 g/mol. The molecule has 0 aliphatic carbocycles. The molecular weight excluding hydrogens is 254 g/mol. The Balaban J connectivity index is 1.63. The second-order valence-corrected chi connectivity index (χ2v) is 6.52. The summed E-state index contributed by atoms with van der Waals surface area (Å²) in [5.74, 6) is 0.326. The molecular formula is C15H25N3O2. The van der Waals surface area contributed by atoms with Gasteiger partial charge in [-0.25, -0.2) is 0 Å². The predicted molar refractivity (Wildman–Crippen MR) is 76.1 cm³/mol. The Morgan fingerprint density at radius 1 is 1.25 bits per heavy atom. The molecule has 0 aromatic rings. The van der Waals surface area contributed by atoms with E-state index in [9.17, 15) is 9.59 Å². The highest BCUT2D eigenvalue weighted by Gasteiger charge is 2.38. The summed E-state index contributed by atoms with van der Waals surface area (Å²) < 4.78 is 0. The largest absolute Gasteiger partial charge is 0.355 e. The fourth-order valence-electron chi connectivity index (χ4n) is 3.84. The number of amides is 2. The second-order valence-electron chi connectivity index (χ2n) is 6.52. The molecule has 0 bridgehead atoms. The molecule has 3 aliphatic heterocycles. The number of nitrogens with zero attached hydrogens (tertiary/aromatic N) is 2. The van der Waals surface area contributed by atoms with Crippen molar-refractivity contribution < 1.29 is 9.59 Å². The first-order valence-corrected chi connectivity index (χ1v) is 7.96. The molecule has 112 valence electrons. The lowest BCUT2D eigenvalue weighted by atomic mass is 9.93. The summed E-state index contributed by atoms with van der Waals surface area (Å²) in [6, 6.07) is 0.858. The molecule has 0 saturated carbocycles. The first kappa shape index (κ1) is 13.9. The third kappa shape index (κ3) is 2.68. The number of hydrogen-bond donors (Lipinski definition) is 1. The van der Waals surface area contributed by atoms with Crippen molar-refractivity contribution in [3.63, 3.8) is 0 Å². The molecule has 3 heterocycles. The number of piperidine rings is 2. The van der Waals surface area contributed by atoms with Crippen LogP contribution in [0.5, 0.6) is 0 Å². The normalized spacial score (nSPS) is 35.4. The zero-order chi connectivity index (χ0) is 14.1. The number of carbonyl (C=O) groups excluding carboxylic acids is 2. The van der Waals surface area contributed by atoms with Crippen LogP contribution in [-0.4, -0.2) is 59.9 Å². The van der Waals surface area contributed by atoms with Gasteiger partial charge in [-0.05, 0) is 32.7 Å². The van der Waals surface area contributed by atoms with Crippen molar-refractivity contribution in [3.05, 3.63) is 0 Å². The van der Waals surface area contributed by atoms with Crippen LogP contribution in [0.2, 0.25) is 0 Å². The molecule has 5 nitrogen and oxygen atoms in total. The molecule has 0 aromatic heterocycles. The molecule has 3 unspecified atom stereocenters. The number of hydrogen-bond acceptors (Lipinski definition) is 3. The van der Waals surface area contributed by atoms with Crippen LogP contribution in [0.25, 0.3) is 0 Å². The van der Waals surface area contributed by atoms with Crippen LogP contribution in [0.15, 0.2) is 0 Å². The van der Waals surface area contributed by atoms with Crippen molar-refractivity contribution in [2.45, 2.75) is 51.1 Å². The van der Waals surface area contributed by atoms with E-state index in [-0.39, 0.29) is 17.7 Å². The lowest BCUT2D eigenvalue weighted by Gasteiger charge is -2.48. The molecule has 2 amide bonds. The fraction of sp³-hybridized carbons (Fsp3) is 0.867. The van der Waals surface area contributed by atoms with Crippen LogP contribution in [-0.2, 0) is 9.59 Å². The SMILES string of the molecule is CC1CN2CCCCC2CN1C(=O)C1CCC(=O)NC1. The van der Waals surface area contributed by atoms with Crippen LogP contribution >= 0.6 is 0 Å². The number of rotatable bonds is 1. The molecule has 0 aromatic carbocycles. The van der Waals surface area contributed by atoms with Crippen molar-refractivity contribution in [2.24, 2.45) is 5.92 Å². The van der Waals surface area contributed by atoms with Gasteiger partial charge in [-0.2, -0.15) is 0 Å². The third-order valence-corrected chi connectivity index (χ3v) is 5.09. The van der Waals surface area contributed by atoms with Crippen molar-refractivity contribution in [3.8, 4) is 0 Å². The molecule has 5 heteroatoms. The van der Waals surface area contributed by atoms with E-state index in [2.05, 4.69) is 22.0 Å². The van der Waals surface area contributed by atoms with Gasteiger partial charge in [-0.3, -0.25) is 14.5 Å². The Bertz CT molecular complexity index is 389. The Hall–Kier alpha value is -1.10. The zero-order valence-electron chi connectivity index (χ0n) is 12.3. The average molecular weight is 279 g/mol. The van der Waals surface area contributed by atoms with E-state index >= 15 is 0 Å². The molecule has 3 fully saturated rings. The van der Waals surface area contributed by atoms with E-state index in [1.165, 1.54) is 25.8 Å². The van der Waals surface area contributed by atoms with E-state index in [1.54, 1.807) is 0 Å². The lowest BCUT2D eigenvalue weighted by Crippen LogP contribution is -2.61. The van der Waals surface area contributed by atoms with Crippen LogP contribution < -0.4 is 5.32 Å². The summed E-state index contributed by atoms with van der Waals surface area (Å²) in [6.07, 6.45) is 5.01. The van der Waals surface area contributed by atoms with Crippen LogP contribution in [0.1, 0.15) is 39.0 Å². The summed E-state index contributed by atoms with van der Waals surface area (Å²) in [7, 11) is 0. The molecule has 3 aliphatic rings. The highest BCUT2D eigenvalue weighted by Crippen LogP contribution is 2.26. The maximum absolute atomic E-state index is 12.7. The van der Waals surface area contributed by atoms with Gasteiger partial charge >= 0.3 is 0 Å². The van der Waals surface area contributed by atoms with Gasteiger partial charge in [0.25, 0.3) is 0 Å². The average Bonchev–Trinajstić information content (AvgIpc) is 2.46. The minimum atomic E-state index is -0.00899. The molecule has 3 rings (SSSR count). The minimum Gasteiger partial charge on any atom is -0.355 e. The summed E-state index contributed by atoms with van der Waals surface area (Å²) in [5.41, 5.74) is 0.